The maximum Gasteiger partial charge on any atom is 0.255 e. The van der Waals surface area contributed by atoms with Gasteiger partial charge in [0.05, 0.1) is 11.2 Å². The first-order chi connectivity index (χ1) is 10.1. The maximum absolute atomic E-state index is 12.3. The first kappa shape index (κ1) is 13.5. The van der Waals surface area contributed by atoms with E-state index in [0.717, 1.165) is 22.2 Å². The number of nitrogens with zero attached hydrogens (tertiary/aromatic N) is 2. The Morgan fingerprint density at radius 2 is 2.00 bits per heavy atom. The van der Waals surface area contributed by atoms with Crippen molar-refractivity contribution >= 4 is 34.1 Å². The lowest BCUT2D eigenvalue weighted by atomic mass is 10.1. The molecule has 0 radical (unpaired) electrons. The van der Waals surface area contributed by atoms with Crippen LogP contribution in [-0.2, 0) is 0 Å². The molecule has 0 aliphatic heterocycles. The van der Waals surface area contributed by atoms with Crippen molar-refractivity contribution in [1.29, 1.82) is 0 Å². The van der Waals surface area contributed by atoms with E-state index in [1.54, 1.807) is 12.3 Å². The van der Waals surface area contributed by atoms with Crippen LogP contribution >= 0.6 is 11.6 Å². The average molecular weight is 298 g/mol. The van der Waals surface area contributed by atoms with Crippen molar-refractivity contribution < 1.29 is 4.79 Å². The highest BCUT2D eigenvalue weighted by molar-refractivity contribution is 6.29. The molecule has 0 spiro atoms. The van der Waals surface area contributed by atoms with E-state index in [-0.39, 0.29) is 11.1 Å². The van der Waals surface area contributed by atoms with Crippen molar-refractivity contribution in [2.75, 3.05) is 5.32 Å². The van der Waals surface area contributed by atoms with E-state index in [1.807, 2.05) is 31.2 Å². The van der Waals surface area contributed by atoms with Crippen LogP contribution in [0.15, 0.2) is 48.8 Å². The smallest absolute Gasteiger partial charge is 0.255 e. The van der Waals surface area contributed by atoms with Crippen LogP contribution in [0.2, 0.25) is 5.15 Å². The first-order valence-electron chi connectivity index (χ1n) is 6.42. The predicted octanol–water partition coefficient (Wildman–Crippen LogP) is 3.84. The van der Waals surface area contributed by atoms with Crippen molar-refractivity contribution in [2.45, 2.75) is 6.92 Å². The van der Waals surface area contributed by atoms with Gasteiger partial charge in [-0.15, -0.1) is 0 Å². The molecule has 0 saturated heterocycles. The van der Waals surface area contributed by atoms with Gasteiger partial charge in [0.25, 0.3) is 5.91 Å². The summed E-state index contributed by atoms with van der Waals surface area (Å²) in [5.41, 5.74) is 3.13. The number of carbonyl (C=O) groups is 1. The lowest BCUT2D eigenvalue weighted by molar-refractivity contribution is 0.102. The van der Waals surface area contributed by atoms with Crippen molar-refractivity contribution in [3.05, 3.63) is 65.1 Å². The zero-order chi connectivity index (χ0) is 14.8. The van der Waals surface area contributed by atoms with Gasteiger partial charge in [-0.2, -0.15) is 0 Å². The Labute approximate surface area is 126 Å². The van der Waals surface area contributed by atoms with E-state index in [2.05, 4.69) is 15.3 Å². The third kappa shape index (κ3) is 2.71. The van der Waals surface area contributed by atoms with Gasteiger partial charge in [0, 0.05) is 23.3 Å². The topological polar surface area (TPSA) is 54.9 Å². The molecule has 4 nitrogen and oxygen atoms in total. The Bertz CT molecular complexity index is 833. The molecule has 0 saturated carbocycles. The van der Waals surface area contributed by atoms with Gasteiger partial charge in [-0.3, -0.25) is 9.78 Å². The number of rotatable bonds is 2. The molecule has 0 aliphatic carbocycles. The van der Waals surface area contributed by atoms with Crippen molar-refractivity contribution in [3.63, 3.8) is 0 Å². The monoisotopic (exact) mass is 297 g/mol. The molecule has 104 valence electrons. The lowest BCUT2D eigenvalue weighted by Crippen LogP contribution is -2.12. The second-order valence-corrected chi connectivity index (χ2v) is 5.04. The largest absolute Gasteiger partial charge is 0.321 e. The fourth-order valence-electron chi connectivity index (χ4n) is 2.16. The van der Waals surface area contributed by atoms with E-state index in [1.165, 1.54) is 12.3 Å². The van der Waals surface area contributed by atoms with E-state index in [0.29, 0.717) is 5.56 Å². The Kier molecular flexibility index (Phi) is 3.54. The van der Waals surface area contributed by atoms with Crippen LogP contribution in [0.1, 0.15) is 15.9 Å². The van der Waals surface area contributed by atoms with Crippen LogP contribution in [0, 0.1) is 6.92 Å². The molecule has 2 heterocycles. The summed E-state index contributed by atoms with van der Waals surface area (Å²) < 4.78 is 0. The number of hydrogen-bond acceptors (Lipinski definition) is 3. The SMILES string of the molecule is Cc1ccc(NC(=O)c2ccnc(Cl)c2)c2cccnc12. The summed E-state index contributed by atoms with van der Waals surface area (Å²) in [6, 6.07) is 10.7. The third-order valence-corrected chi connectivity index (χ3v) is 3.42. The van der Waals surface area contributed by atoms with Gasteiger partial charge in [0.1, 0.15) is 5.15 Å². The minimum Gasteiger partial charge on any atom is -0.321 e. The highest BCUT2D eigenvalue weighted by Gasteiger charge is 2.10. The van der Waals surface area contributed by atoms with Gasteiger partial charge >= 0.3 is 0 Å². The number of hydrogen-bond donors (Lipinski definition) is 1. The Balaban J connectivity index is 1.99. The fraction of sp³-hybridized carbons (Fsp3) is 0.0625. The number of anilines is 1. The molecule has 0 atom stereocenters. The standard InChI is InChI=1S/C16H12ClN3O/c1-10-4-5-13(12-3-2-7-19-15(10)12)20-16(21)11-6-8-18-14(17)9-11/h2-9H,1H3,(H,20,21). The van der Waals surface area contributed by atoms with Crippen LogP contribution in [0.25, 0.3) is 10.9 Å². The molecule has 1 N–H and O–H groups in total. The van der Waals surface area contributed by atoms with Gasteiger partial charge in [-0.05, 0) is 42.8 Å². The minimum atomic E-state index is -0.228. The van der Waals surface area contributed by atoms with Gasteiger partial charge in [-0.1, -0.05) is 17.7 Å². The van der Waals surface area contributed by atoms with Gasteiger partial charge < -0.3 is 5.32 Å². The van der Waals surface area contributed by atoms with Crippen molar-refractivity contribution in [2.24, 2.45) is 0 Å². The molecule has 1 aromatic carbocycles. The normalized spacial score (nSPS) is 10.6. The quantitative estimate of drug-likeness (QED) is 0.731. The molecular weight excluding hydrogens is 286 g/mol. The van der Waals surface area contributed by atoms with Gasteiger partial charge in [0.2, 0.25) is 0 Å². The number of fused-ring (bicyclic) bond motifs is 1. The number of benzene rings is 1. The Morgan fingerprint density at radius 3 is 2.81 bits per heavy atom. The zero-order valence-electron chi connectivity index (χ0n) is 11.3. The van der Waals surface area contributed by atoms with Crippen LogP contribution < -0.4 is 5.32 Å². The average Bonchev–Trinajstić information content (AvgIpc) is 2.50. The summed E-state index contributed by atoms with van der Waals surface area (Å²) in [5.74, 6) is -0.228. The number of aryl methyl sites for hydroxylation is 1. The van der Waals surface area contributed by atoms with E-state index in [9.17, 15) is 4.79 Å². The van der Waals surface area contributed by atoms with Crippen molar-refractivity contribution in [1.82, 2.24) is 9.97 Å². The molecule has 3 aromatic rings. The second kappa shape index (κ2) is 5.50. The first-order valence-corrected chi connectivity index (χ1v) is 6.80. The van der Waals surface area contributed by atoms with Crippen molar-refractivity contribution in [3.8, 4) is 0 Å². The molecule has 21 heavy (non-hydrogen) atoms. The van der Waals surface area contributed by atoms with E-state index >= 15 is 0 Å². The van der Waals surface area contributed by atoms with Crippen LogP contribution in [0.5, 0.6) is 0 Å². The summed E-state index contributed by atoms with van der Waals surface area (Å²) in [6.07, 6.45) is 3.25. The summed E-state index contributed by atoms with van der Waals surface area (Å²) in [5, 5.41) is 4.09. The maximum atomic E-state index is 12.3. The minimum absolute atomic E-state index is 0.228. The lowest BCUT2D eigenvalue weighted by Gasteiger charge is -2.10. The molecule has 0 bridgehead atoms. The van der Waals surface area contributed by atoms with Gasteiger partial charge in [-0.25, -0.2) is 4.98 Å². The number of halogens is 1. The molecule has 1 amide bonds. The number of nitrogens with one attached hydrogen (secondary N) is 1. The molecule has 0 aliphatic rings. The second-order valence-electron chi connectivity index (χ2n) is 4.65. The number of amides is 1. The molecular formula is C16H12ClN3O. The van der Waals surface area contributed by atoms with Crippen LogP contribution in [0.4, 0.5) is 5.69 Å². The zero-order valence-corrected chi connectivity index (χ0v) is 12.1. The predicted molar refractivity (Wildman–Crippen MR) is 83.7 cm³/mol. The Morgan fingerprint density at radius 1 is 1.14 bits per heavy atom. The fourth-order valence-corrected chi connectivity index (χ4v) is 2.34. The van der Waals surface area contributed by atoms with Crippen LogP contribution in [0.3, 0.4) is 0 Å². The molecule has 0 fully saturated rings. The third-order valence-electron chi connectivity index (χ3n) is 3.21. The van der Waals surface area contributed by atoms with E-state index in [4.69, 9.17) is 11.6 Å². The molecule has 3 rings (SSSR count). The Hall–Kier alpha value is -2.46. The molecule has 0 unspecified atom stereocenters. The summed E-state index contributed by atoms with van der Waals surface area (Å²) in [7, 11) is 0. The molecule has 2 aromatic heterocycles. The number of pyridine rings is 2. The summed E-state index contributed by atoms with van der Waals surface area (Å²) >= 11 is 5.81. The number of aromatic nitrogens is 2. The highest BCUT2D eigenvalue weighted by Crippen LogP contribution is 2.25. The highest BCUT2D eigenvalue weighted by atomic mass is 35.5. The summed E-state index contributed by atoms with van der Waals surface area (Å²) in [4.78, 5) is 20.5. The number of carbonyl (C=O) groups excluding carboxylic acids is 1. The summed E-state index contributed by atoms with van der Waals surface area (Å²) in [6.45, 7) is 1.99. The van der Waals surface area contributed by atoms with Gasteiger partial charge in [0.15, 0.2) is 0 Å². The van der Waals surface area contributed by atoms with E-state index < -0.39 is 0 Å². The molecule has 5 heteroatoms. The van der Waals surface area contributed by atoms with Crippen LogP contribution in [-0.4, -0.2) is 15.9 Å².